The van der Waals surface area contributed by atoms with E-state index >= 15 is 0 Å². The van der Waals surface area contributed by atoms with Crippen LogP contribution < -0.4 is 5.32 Å². The van der Waals surface area contributed by atoms with Crippen LogP contribution in [-0.4, -0.2) is 57.3 Å². The van der Waals surface area contributed by atoms with E-state index in [0.29, 0.717) is 19.3 Å². The third-order valence-electron chi connectivity index (χ3n) is 10.4. The summed E-state index contributed by atoms with van der Waals surface area (Å²) in [6.45, 7) is 3.98. The molecule has 0 saturated carbocycles. The van der Waals surface area contributed by atoms with Crippen LogP contribution in [0.25, 0.3) is 0 Å². The van der Waals surface area contributed by atoms with Crippen LogP contribution in [0, 0.1) is 0 Å². The zero-order valence-corrected chi connectivity index (χ0v) is 35.9. The summed E-state index contributed by atoms with van der Waals surface area (Å²) in [5.41, 5.74) is 0. The Morgan fingerprint density at radius 1 is 0.455 bits per heavy atom. The van der Waals surface area contributed by atoms with Crippen molar-refractivity contribution in [2.75, 3.05) is 6.61 Å². The molecule has 0 heterocycles. The Kier molecular flexibility index (Phi) is 41.6. The molecule has 0 aliphatic heterocycles. The summed E-state index contributed by atoms with van der Waals surface area (Å²) in [5.74, 6) is -0.607. The number of aliphatic hydroxyl groups excluding tert-OH is 4. The molecule has 1 amide bonds. The summed E-state index contributed by atoms with van der Waals surface area (Å²) < 4.78 is 0. The van der Waals surface area contributed by atoms with E-state index in [1.54, 1.807) is 0 Å². The Morgan fingerprint density at radius 3 is 1.31 bits per heavy atom. The second-order valence-corrected chi connectivity index (χ2v) is 15.7. The Morgan fingerprint density at radius 2 is 0.836 bits per heavy atom. The third kappa shape index (κ3) is 37.4. The van der Waals surface area contributed by atoms with Gasteiger partial charge in [0.25, 0.3) is 0 Å². The van der Waals surface area contributed by atoms with Crippen LogP contribution in [0.2, 0.25) is 0 Å². The van der Waals surface area contributed by atoms with Crippen molar-refractivity contribution in [3.63, 3.8) is 0 Å². The molecular formula is C49H89NO5. The number of hydrogen-bond acceptors (Lipinski definition) is 5. The van der Waals surface area contributed by atoms with Gasteiger partial charge in [-0.2, -0.15) is 0 Å². The SMILES string of the molecule is CCCC/C=C/CC/C=C/CC/C=C/CCCC(O)C(O)C(CO)NC(=O)C(O)CCCCCCCCCC/C=C\C/C=C\CCCCCCCCCCC. The van der Waals surface area contributed by atoms with Crippen LogP contribution in [-0.2, 0) is 4.79 Å². The standard InChI is InChI=1S/C49H89NO5/c1-3-5-7-9-11-13-15-17-19-20-21-22-23-24-25-26-27-29-31-33-35-37-39-41-43-47(53)49(55)50-45(44-51)48(54)46(52)42-40-38-36-34-32-30-28-18-16-14-12-10-8-6-4-2/h10,12,18,21-22,24-25,28,34,36,45-48,51-54H,3-9,11,13-17,19-20,23,26-27,29-33,35,37-44H2,1-2H3,(H,50,55)/b12-10+,22-21-,25-24-,28-18+,36-34+. The highest BCUT2D eigenvalue weighted by Gasteiger charge is 2.28. The van der Waals surface area contributed by atoms with E-state index in [1.165, 1.54) is 116 Å². The Balaban J connectivity index is 3.79. The van der Waals surface area contributed by atoms with Gasteiger partial charge in [0, 0.05) is 0 Å². The molecule has 0 aromatic carbocycles. The lowest BCUT2D eigenvalue weighted by Crippen LogP contribution is -2.53. The fourth-order valence-corrected chi connectivity index (χ4v) is 6.69. The number of amides is 1. The van der Waals surface area contributed by atoms with Crippen LogP contribution >= 0.6 is 0 Å². The lowest BCUT2D eigenvalue weighted by molar-refractivity contribution is -0.132. The number of rotatable bonds is 41. The van der Waals surface area contributed by atoms with E-state index in [0.717, 1.165) is 64.2 Å². The minimum atomic E-state index is -1.30. The molecule has 4 atom stereocenters. The number of nitrogens with one attached hydrogen (secondary N) is 1. The molecule has 0 aromatic heterocycles. The maximum atomic E-state index is 12.5. The summed E-state index contributed by atoms with van der Waals surface area (Å²) in [5, 5.41) is 43.7. The van der Waals surface area contributed by atoms with E-state index in [4.69, 9.17) is 0 Å². The zero-order chi connectivity index (χ0) is 40.3. The van der Waals surface area contributed by atoms with Crippen LogP contribution in [0.1, 0.15) is 213 Å². The molecule has 320 valence electrons. The normalized spacial score (nSPS) is 14.7. The summed E-state index contributed by atoms with van der Waals surface area (Å²) in [6.07, 6.45) is 54.0. The van der Waals surface area contributed by atoms with Crippen LogP contribution in [0.3, 0.4) is 0 Å². The molecule has 4 unspecified atom stereocenters. The summed E-state index contributed by atoms with van der Waals surface area (Å²) >= 11 is 0. The van der Waals surface area contributed by atoms with Gasteiger partial charge in [0.2, 0.25) is 5.91 Å². The van der Waals surface area contributed by atoms with Gasteiger partial charge in [0.05, 0.1) is 18.8 Å². The Hall–Kier alpha value is -1.99. The van der Waals surface area contributed by atoms with Gasteiger partial charge in [-0.3, -0.25) is 4.79 Å². The second-order valence-electron chi connectivity index (χ2n) is 15.7. The fourth-order valence-electron chi connectivity index (χ4n) is 6.69. The first-order valence-corrected chi connectivity index (χ1v) is 23.2. The van der Waals surface area contributed by atoms with Crippen molar-refractivity contribution >= 4 is 5.91 Å². The predicted octanol–water partition coefficient (Wildman–Crippen LogP) is 12.5. The van der Waals surface area contributed by atoms with Crippen molar-refractivity contribution in [3.8, 4) is 0 Å². The highest BCUT2D eigenvalue weighted by atomic mass is 16.3. The molecule has 0 spiro atoms. The average Bonchev–Trinajstić information content (AvgIpc) is 3.19. The van der Waals surface area contributed by atoms with Gasteiger partial charge in [-0.15, -0.1) is 0 Å². The molecule has 0 saturated heterocycles. The minimum absolute atomic E-state index is 0.349. The van der Waals surface area contributed by atoms with Crippen LogP contribution in [0.15, 0.2) is 60.8 Å². The molecule has 0 aromatic rings. The first-order chi connectivity index (χ1) is 27.0. The first kappa shape index (κ1) is 53.0. The number of allylic oxidation sites excluding steroid dienone is 10. The lowest BCUT2D eigenvalue weighted by atomic mass is 10.00. The van der Waals surface area contributed by atoms with E-state index in [-0.39, 0.29) is 0 Å². The molecule has 0 aliphatic rings. The van der Waals surface area contributed by atoms with Gasteiger partial charge in [-0.05, 0) is 89.9 Å². The largest absolute Gasteiger partial charge is 0.394 e. The predicted molar refractivity (Wildman–Crippen MR) is 237 cm³/mol. The molecule has 0 fully saturated rings. The highest BCUT2D eigenvalue weighted by molar-refractivity contribution is 5.80. The molecular weight excluding hydrogens is 683 g/mol. The molecule has 6 heteroatoms. The van der Waals surface area contributed by atoms with Gasteiger partial charge in [0.15, 0.2) is 0 Å². The molecule has 6 nitrogen and oxygen atoms in total. The average molecular weight is 772 g/mol. The Bertz CT molecular complexity index is 957. The monoisotopic (exact) mass is 772 g/mol. The number of carbonyl (C=O) groups excluding carboxylic acids is 1. The summed E-state index contributed by atoms with van der Waals surface area (Å²) in [7, 11) is 0. The van der Waals surface area contributed by atoms with Crippen LogP contribution in [0.5, 0.6) is 0 Å². The first-order valence-electron chi connectivity index (χ1n) is 23.2. The van der Waals surface area contributed by atoms with Crippen molar-refractivity contribution in [2.24, 2.45) is 0 Å². The van der Waals surface area contributed by atoms with Crippen molar-refractivity contribution in [1.82, 2.24) is 5.32 Å². The minimum Gasteiger partial charge on any atom is -0.394 e. The quantitative estimate of drug-likeness (QED) is 0.0314. The Labute approximate surface area is 340 Å². The van der Waals surface area contributed by atoms with Gasteiger partial charge in [-0.1, -0.05) is 184 Å². The topological polar surface area (TPSA) is 110 Å². The summed E-state index contributed by atoms with van der Waals surface area (Å²) in [4.78, 5) is 12.5. The summed E-state index contributed by atoms with van der Waals surface area (Å²) in [6, 6.07) is -1.02. The van der Waals surface area contributed by atoms with E-state index in [1.807, 2.05) is 0 Å². The lowest BCUT2D eigenvalue weighted by Gasteiger charge is -2.27. The highest BCUT2D eigenvalue weighted by Crippen LogP contribution is 2.14. The van der Waals surface area contributed by atoms with Gasteiger partial charge in [0.1, 0.15) is 12.2 Å². The third-order valence-corrected chi connectivity index (χ3v) is 10.4. The van der Waals surface area contributed by atoms with Crippen molar-refractivity contribution in [1.29, 1.82) is 0 Å². The maximum absolute atomic E-state index is 12.5. The van der Waals surface area contributed by atoms with Crippen molar-refractivity contribution in [3.05, 3.63) is 60.8 Å². The van der Waals surface area contributed by atoms with Crippen molar-refractivity contribution in [2.45, 2.75) is 237 Å². The molecule has 55 heavy (non-hydrogen) atoms. The molecule has 0 rings (SSSR count). The number of carbonyl (C=O) groups is 1. The van der Waals surface area contributed by atoms with Gasteiger partial charge >= 0.3 is 0 Å². The zero-order valence-electron chi connectivity index (χ0n) is 35.9. The van der Waals surface area contributed by atoms with E-state index < -0.39 is 36.9 Å². The number of hydrogen-bond donors (Lipinski definition) is 5. The smallest absolute Gasteiger partial charge is 0.249 e. The molecule has 0 radical (unpaired) electrons. The van der Waals surface area contributed by atoms with Crippen LogP contribution in [0.4, 0.5) is 0 Å². The molecule has 0 aliphatic carbocycles. The van der Waals surface area contributed by atoms with E-state index in [2.05, 4.69) is 79.9 Å². The van der Waals surface area contributed by atoms with Gasteiger partial charge in [-0.25, -0.2) is 0 Å². The molecule has 5 N–H and O–H groups in total. The fraction of sp³-hybridized carbons (Fsp3) is 0.776. The van der Waals surface area contributed by atoms with Crippen molar-refractivity contribution < 1.29 is 25.2 Å². The van der Waals surface area contributed by atoms with E-state index in [9.17, 15) is 25.2 Å². The number of unbranched alkanes of at least 4 members (excludes halogenated alkanes) is 22. The maximum Gasteiger partial charge on any atom is 0.249 e. The molecule has 0 bridgehead atoms. The second kappa shape index (κ2) is 43.1. The van der Waals surface area contributed by atoms with Gasteiger partial charge < -0.3 is 25.7 Å². The number of aliphatic hydroxyl groups is 4.